The Kier molecular flexibility index (Phi) is 4.95. The molecule has 0 aromatic heterocycles. The lowest BCUT2D eigenvalue weighted by molar-refractivity contribution is 0.156. The molecule has 1 aromatic carbocycles. The fraction of sp³-hybridized carbons (Fsp3) is 0.533. The minimum absolute atomic E-state index is 0.00953. The number of amides is 2. The van der Waals surface area contributed by atoms with Crippen molar-refractivity contribution in [2.45, 2.75) is 38.6 Å². The monoisotopic (exact) mass is 280 g/mol. The van der Waals surface area contributed by atoms with Gasteiger partial charge in [0.15, 0.2) is 0 Å². The number of rotatable bonds is 3. The van der Waals surface area contributed by atoms with Gasteiger partial charge in [-0.2, -0.15) is 0 Å². The summed E-state index contributed by atoms with van der Waals surface area (Å²) in [4.78, 5) is 11.9. The van der Waals surface area contributed by atoms with Crippen LogP contribution in [0.25, 0.3) is 0 Å². The van der Waals surface area contributed by atoms with Crippen molar-refractivity contribution < 1.29 is 14.3 Å². The molecule has 0 saturated heterocycles. The highest BCUT2D eigenvalue weighted by atomic mass is 19.1. The molecule has 1 fully saturated rings. The Bertz CT molecular complexity index is 479. The van der Waals surface area contributed by atoms with E-state index < -0.39 is 0 Å². The van der Waals surface area contributed by atoms with Crippen molar-refractivity contribution >= 4 is 11.7 Å². The summed E-state index contributed by atoms with van der Waals surface area (Å²) in [6.45, 7) is 1.75. The maximum Gasteiger partial charge on any atom is 0.319 e. The normalized spacial score (nSPS) is 22.4. The van der Waals surface area contributed by atoms with E-state index in [1.165, 1.54) is 12.1 Å². The first kappa shape index (κ1) is 14.8. The highest BCUT2D eigenvalue weighted by molar-refractivity contribution is 5.89. The third-order valence-corrected chi connectivity index (χ3v) is 3.88. The quantitative estimate of drug-likeness (QED) is 0.797. The molecule has 1 aliphatic carbocycles. The first-order valence-electron chi connectivity index (χ1n) is 7.04. The van der Waals surface area contributed by atoms with Crippen molar-refractivity contribution in [2.75, 3.05) is 11.9 Å². The van der Waals surface area contributed by atoms with E-state index in [1.807, 2.05) is 0 Å². The number of hydrogen-bond donors (Lipinski definition) is 3. The van der Waals surface area contributed by atoms with Crippen LogP contribution < -0.4 is 10.6 Å². The maximum atomic E-state index is 13.1. The van der Waals surface area contributed by atoms with Gasteiger partial charge in [0, 0.05) is 24.3 Å². The number of hydrogen-bond acceptors (Lipinski definition) is 2. The van der Waals surface area contributed by atoms with Crippen molar-refractivity contribution in [1.29, 1.82) is 0 Å². The Labute approximate surface area is 118 Å². The van der Waals surface area contributed by atoms with Crippen LogP contribution in [0.3, 0.4) is 0 Å². The van der Waals surface area contributed by atoms with Crippen molar-refractivity contribution in [1.82, 2.24) is 5.32 Å². The summed E-state index contributed by atoms with van der Waals surface area (Å²) in [6, 6.07) is 4.17. The van der Waals surface area contributed by atoms with Crippen LogP contribution in [-0.4, -0.2) is 23.8 Å². The van der Waals surface area contributed by atoms with Crippen LogP contribution in [-0.2, 0) is 0 Å². The molecule has 2 rings (SSSR count). The van der Waals surface area contributed by atoms with Crippen molar-refractivity contribution in [3.63, 3.8) is 0 Å². The number of carbonyl (C=O) groups is 1. The summed E-state index contributed by atoms with van der Waals surface area (Å²) in [6.07, 6.45) is 4.00. The van der Waals surface area contributed by atoms with E-state index in [1.54, 1.807) is 13.0 Å². The Morgan fingerprint density at radius 3 is 2.85 bits per heavy atom. The molecule has 3 N–H and O–H groups in total. The molecule has 1 saturated carbocycles. The summed E-state index contributed by atoms with van der Waals surface area (Å²) >= 11 is 0. The summed E-state index contributed by atoms with van der Waals surface area (Å²) in [5, 5.41) is 14.9. The number of anilines is 1. The molecule has 0 heterocycles. The largest absolute Gasteiger partial charge is 0.396 e. The zero-order chi connectivity index (χ0) is 14.5. The smallest absolute Gasteiger partial charge is 0.319 e. The van der Waals surface area contributed by atoms with E-state index in [0.29, 0.717) is 11.3 Å². The molecule has 1 aromatic rings. The SMILES string of the molecule is Cc1cc(NC(=O)NC2CCCCC2CO)ccc1F. The van der Waals surface area contributed by atoms with Gasteiger partial charge in [-0.15, -0.1) is 0 Å². The van der Waals surface area contributed by atoms with E-state index in [4.69, 9.17) is 0 Å². The molecule has 2 amide bonds. The second kappa shape index (κ2) is 6.70. The van der Waals surface area contributed by atoms with Gasteiger partial charge >= 0.3 is 6.03 Å². The number of urea groups is 1. The van der Waals surface area contributed by atoms with E-state index >= 15 is 0 Å². The number of benzene rings is 1. The fourth-order valence-electron chi connectivity index (χ4n) is 2.67. The van der Waals surface area contributed by atoms with Gasteiger partial charge < -0.3 is 15.7 Å². The molecule has 0 spiro atoms. The lowest BCUT2D eigenvalue weighted by Gasteiger charge is -2.30. The summed E-state index contributed by atoms with van der Waals surface area (Å²) in [5.74, 6) is -0.159. The summed E-state index contributed by atoms with van der Waals surface area (Å²) in [5.41, 5.74) is 1.06. The van der Waals surface area contributed by atoms with Gasteiger partial charge in [-0.05, 0) is 43.5 Å². The van der Waals surface area contributed by atoms with E-state index in [-0.39, 0.29) is 30.4 Å². The Morgan fingerprint density at radius 2 is 2.15 bits per heavy atom. The van der Waals surface area contributed by atoms with Crippen LogP contribution in [0.2, 0.25) is 0 Å². The van der Waals surface area contributed by atoms with Gasteiger partial charge in [-0.3, -0.25) is 0 Å². The first-order valence-corrected chi connectivity index (χ1v) is 7.04. The molecule has 2 unspecified atom stereocenters. The number of aliphatic hydroxyl groups excluding tert-OH is 1. The third kappa shape index (κ3) is 3.70. The molecule has 110 valence electrons. The number of aliphatic hydroxyl groups is 1. The van der Waals surface area contributed by atoms with Crippen LogP contribution in [0.4, 0.5) is 14.9 Å². The molecule has 1 aliphatic rings. The highest BCUT2D eigenvalue weighted by Gasteiger charge is 2.25. The Morgan fingerprint density at radius 1 is 1.40 bits per heavy atom. The van der Waals surface area contributed by atoms with Gasteiger partial charge in [-0.25, -0.2) is 9.18 Å². The van der Waals surface area contributed by atoms with Crippen molar-refractivity contribution in [2.24, 2.45) is 5.92 Å². The number of nitrogens with one attached hydrogen (secondary N) is 2. The minimum atomic E-state index is -0.304. The maximum absolute atomic E-state index is 13.1. The van der Waals surface area contributed by atoms with Gasteiger partial charge in [0.2, 0.25) is 0 Å². The van der Waals surface area contributed by atoms with Gasteiger partial charge in [0.05, 0.1) is 0 Å². The zero-order valence-electron chi connectivity index (χ0n) is 11.7. The predicted molar refractivity (Wildman–Crippen MR) is 76.1 cm³/mol. The second-order valence-electron chi connectivity index (χ2n) is 5.40. The summed E-state index contributed by atoms with van der Waals surface area (Å²) < 4.78 is 13.1. The molecule has 2 atom stereocenters. The van der Waals surface area contributed by atoms with Crippen LogP contribution in [0.1, 0.15) is 31.2 Å². The molecule has 0 bridgehead atoms. The van der Waals surface area contributed by atoms with E-state index in [0.717, 1.165) is 25.7 Å². The number of aryl methyl sites for hydroxylation is 1. The summed E-state index contributed by atoms with van der Waals surface area (Å²) in [7, 11) is 0. The molecule has 0 radical (unpaired) electrons. The predicted octanol–water partition coefficient (Wildman–Crippen LogP) is 2.81. The molecular formula is C15H21FN2O2. The highest BCUT2D eigenvalue weighted by Crippen LogP contribution is 2.24. The van der Waals surface area contributed by atoms with Gasteiger partial charge in [-0.1, -0.05) is 12.8 Å². The van der Waals surface area contributed by atoms with Crippen LogP contribution in [0.5, 0.6) is 0 Å². The third-order valence-electron chi connectivity index (χ3n) is 3.88. The average Bonchev–Trinajstić information content (AvgIpc) is 2.43. The van der Waals surface area contributed by atoms with Crippen LogP contribution >= 0.6 is 0 Å². The van der Waals surface area contributed by atoms with Gasteiger partial charge in [0.1, 0.15) is 5.82 Å². The average molecular weight is 280 g/mol. The Hall–Kier alpha value is -1.62. The lowest BCUT2D eigenvalue weighted by atomic mass is 9.85. The minimum Gasteiger partial charge on any atom is -0.396 e. The van der Waals surface area contributed by atoms with Crippen molar-refractivity contribution in [3.8, 4) is 0 Å². The zero-order valence-corrected chi connectivity index (χ0v) is 11.7. The van der Waals surface area contributed by atoms with Crippen molar-refractivity contribution in [3.05, 3.63) is 29.6 Å². The molecule has 5 heteroatoms. The van der Waals surface area contributed by atoms with Crippen LogP contribution in [0, 0.1) is 18.7 Å². The number of halogens is 1. The Balaban J connectivity index is 1.92. The van der Waals surface area contributed by atoms with E-state index in [9.17, 15) is 14.3 Å². The molecule has 0 aliphatic heterocycles. The lowest BCUT2D eigenvalue weighted by Crippen LogP contribution is -2.45. The van der Waals surface area contributed by atoms with Gasteiger partial charge in [0.25, 0.3) is 0 Å². The van der Waals surface area contributed by atoms with Crippen LogP contribution in [0.15, 0.2) is 18.2 Å². The second-order valence-corrected chi connectivity index (χ2v) is 5.40. The first-order chi connectivity index (χ1) is 9.60. The van der Waals surface area contributed by atoms with E-state index in [2.05, 4.69) is 10.6 Å². The molecule has 4 nitrogen and oxygen atoms in total. The number of carbonyl (C=O) groups excluding carboxylic acids is 1. The standard InChI is InChI=1S/C15H21FN2O2/c1-10-8-12(6-7-13(10)16)17-15(20)18-14-5-3-2-4-11(14)9-19/h6-8,11,14,19H,2-5,9H2,1H3,(H2,17,18,20). The topological polar surface area (TPSA) is 61.4 Å². The molecular weight excluding hydrogens is 259 g/mol. The molecule has 20 heavy (non-hydrogen) atoms. The fourth-order valence-corrected chi connectivity index (χ4v) is 2.67.